The van der Waals surface area contributed by atoms with Gasteiger partial charge >= 0.3 is 6.18 Å². The highest BCUT2D eigenvalue weighted by atomic mass is 32.2. The van der Waals surface area contributed by atoms with Crippen LogP contribution in [0.1, 0.15) is 43.0 Å². The molecule has 0 bridgehead atoms. The first-order chi connectivity index (χ1) is 13.9. The lowest BCUT2D eigenvalue weighted by molar-refractivity contribution is -0.144. The predicted octanol–water partition coefficient (Wildman–Crippen LogP) is 3.34. The van der Waals surface area contributed by atoms with E-state index in [1.807, 2.05) is 4.90 Å². The average molecular weight is 448 g/mol. The summed E-state index contributed by atoms with van der Waals surface area (Å²) in [7, 11) is -1.09. The number of halogens is 3. The molecule has 1 saturated carbocycles. The lowest BCUT2D eigenvalue weighted by Crippen LogP contribution is -2.46. The maximum Gasteiger partial charge on any atom is 0.406 e. The fourth-order valence-electron chi connectivity index (χ4n) is 3.87. The number of sulfonamides is 1. The van der Waals surface area contributed by atoms with E-state index in [4.69, 9.17) is 0 Å². The van der Waals surface area contributed by atoms with Crippen LogP contribution in [0.3, 0.4) is 0 Å². The van der Waals surface area contributed by atoms with E-state index in [9.17, 15) is 26.4 Å². The van der Waals surface area contributed by atoms with Gasteiger partial charge in [0, 0.05) is 38.9 Å². The quantitative estimate of drug-likeness (QED) is 0.643. The molecule has 1 aliphatic heterocycles. The minimum Gasteiger partial charge on any atom is -0.371 e. The number of anilines is 1. The highest BCUT2D eigenvalue weighted by Gasteiger charge is 2.41. The molecule has 1 aromatic rings. The van der Waals surface area contributed by atoms with Crippen molar-refractivity contribution in [3.05, 3.63) is 23.8 Å². The third kappa shape index (κ3) is 4.91. The van der Waals surface area contributed by atoms with Crippen molar-refractivity contribution in [3.8, 4) is 0 Å². The van der Waals surface area contributed by atoms with Crippen LogP contribution in [-0.4, -0.2) is 69.5 Å². The van der Waals surface area contributed by atoms with Crippen LogP contribution >= 0.6 is 0 Å². The molecule has 0 aromatic heterocycles. The molecular formula is C20H28F3N3O3S. The fourth-order valence-corrected chi connectivity index (χ4v) is 4.80. The predicted molar refractivity (Wildman–Crippen MR) is 108 cm³/mol. The molecule has 2 fully saturated rings. The monoisotopic (exact) mass is 447 g/mol. The Morgan fingerprint density at radius 2 is 1.80 bits per heavy atom. The van der Waals surface area contributed by atoms with Gasteiger partial charge in [-0.1, -0.05) is 0 Å². The van der Waals surface area contributed by atoms with Crippen LogP contribution in [0.2, 0.25) is 0 Å². The van der Waals surface area contributed by atoms with Gasteiger partial charge in [-0.05, 0) is 56.7 Å². The smallest absolute Gasteiger partial charge is 0.371 e. The van der Waals surface area contributed by atoms with Crippen molar-refractivity contribution in [2.45, 2.75) is 49.7 Å². The van der Waals surface area contributed by atoms with Gasteiger partial charge in [0.2, 0.25) is 10.0 Å². The van der Waals surface area contributed by atoms with E-state index in [0.717, 1.165) is 34.9 Å². The van der Waals surface area contributed by atoms with Gasteiger partial charge in [-0.15, -0.1) is 0 Å². The van der Waals surface area contributed by atoms with Crippen molar-refractivity contribution in [2.24, 2.45) is 5.92 Å². The number of nitrogens with zero attached hydrogens (tertiary/aromatic N) is 3. The number of rotatable bonds is 7. The van der Waals surface area contributed by atoms with Crippen LogP contribution in [0.5, 0.6) is 0 Å². The molecule has 0 spiro atoms. The molecule has 6 nitrogen and oxygen atoms in total. The van der Waals surface area contributed by atoms with E-state index in [0.29, 0.717) is 18.8 Å². The van der Waals surface area contributed by atoms with Gasteiger partial charge in [-0.3, -0.25) is 4.79 Å². The van der Waals surface area contributed by atoms with E-state index in [2.05, 4.69) is 0 Å². The lowest BCUT2D eigenvalue weighted by atomic mass is 10.1. The minimum atomic E-state index is -4.54. The van der Waals surface area contributed by atoms with E-state index in [-0.39, 0.29) is 16.4 Å². The maximum absolute atomic E-state index is 13.4. The summed E-state index contributed by atoms with van der Waals surface area (Å²) in [5, 5.41) is 0. The second-order valence-corrected chi connectivity index (χ2v) is 10.4. The van der Waals surface area contributed by atoms with Crippen LogP contribution in [0.25, 0.3) is 0 Å². The zero-order valence-corrected chi connectivity index (χ0v) is 18.3. The summed E-state index contributed by atoms with van der Waals surface area (Å²) < 4.78 is 66.1. The SMILES string of the molecule is C[C@H](C1CC1)N(CC(F)(F)F)C(=O)c1cc(S(=O)(=O)N(C)C)ccc1N1CCCC1. The Hall–Kier alpha value is -1.81. The molecular weight excluding hydrogens is 419 g/mol. The van der Waals surface area contributed by atoms with Crippen LogP contribution in [-0.2, 0) is 10.0 Å². The van der Waals surface area contributed by atoms with Gasteiger partial charge in [0.1, 0.15) is 6.54 Å². The van der Waals surface area contributed by atoms with Crippen molar-refractivity contribution in [3.63, 3.8) is 0 Å². The molecule has 1 atom stereocenters. The van der Waals surface area contributed by atoms with Gasteiger partial charge in [0.25, 0.3) is 5.91 Å². The topological polar surface area (TPSA) is 60.9 Å². The number of amides is 1. The minimum absolute atomic E-state index is 0.0107. The Morgan fingerprint density at radius 1 is 1.20 bits per heavy atom. The molecule has 0 radical (unpaired) electrons. The summed E-state index contributed by atoms with van der Waals surface area (Å²) in [6, 6.07) is 3.62. The van der Waals surface area contributed by atoms with Gasteiger partial charge in [-0.25, -0.2) is 12.7 Å². The Kier molecular flexibility index (Phi) is 6.38. The van der Waals surface area contributed by atoms with Gasteiger partial charge < -0.3 is 9.80 Å². The first-order valence-corrected chi connectivity index (χ1v) is 11.5. The Labute approximate surface area is 175 Å². The molecule has 1 heterocycles. The van der Waals surface area contributed by atoms with Crippen molar-refractivity contribution in [2.75, 3.05) is 38.6 Å². The van der Waals surface area contributed by atoms with Crippen LogP contribution in [0.15, 0.2) is 23.1 Å². The summed E-state index contributed by atoms with van der Waals surface area (Å²) in [4.78, 5) is 16.1. The summed E-state index contributed by atoms with van der Waals surface area (Å²) in [5.41, 5.74) is 0.502. The zero-order chi connectivity index (χ0) is 22.3. The second kappa shape index (κ2) is 8.37. The molecule has 1 aromatic carbocycles. The average Bonchev–Trinajstić information content (AvgIpc) is 3.38. The van der Waals surface area contributed by atoms with Crippen molar-refractivity contribution in [1.82, 2.24) is 9.21 Å². The number of alkyl halides is 3. The van der Waals surface area contributed by atoms with Crippen LogP contribution in [0, 0.1) is 5.92 Å². The molecule has 10 heteroatoms. The number of carbonyl (C=O) groups is 1. The third-order valence-electron chi connectivity index (χ3n) is 5.83. The van der Waals surface area contributed by atoms with Gasteiger partial charge in [-0.2, -0.15) is 13.2 Å². The molecule has 168 valence electrons. The first kappa shape index (κ1) is 22.9. The number of benzene rings is 1. The largest absolute Gasteiger partial charge is 0.406 e. The Balaban J connectivity index is 2.07. The summed E-state index contributed by atoms with van der Waals surface area (Å²) in [5.74, 6) is -0.732. The van der Waals surface area contributed by atoms with Crippen LogP contribution < -0.4 is 4.90 Å². The molecule has 1 saturated heterocycles. The molecule has 0 unspecified atom stereocenters. The zero-order valence-electron chi connectivity index (χ0n) is 17.4. The van der Waals surface area contributed by atoms with Gasteiger partial charge in [0.05, 0.1) is 10.5 Å². The third-order valence-corrected chi connectivity index (χ3v) is 7.64. The summed E-state index contributed by atoms with van der Waals surface area (Å²) in [6.45, 7) is 1.64. The number of hydrogen-bond donors (Lipinski definition) is 0. The number of carbonyl (C=O) groups excluding carboxylic acids is 1. The van der Waals surface area contributed by atoms with Crippen molar-refractivity contribution >= 4 is 21.6 Å². The lowest BCUT2D eigenvalue weighted by Gasteiger charge is -2.32. The van der Waals surface area contributed by atoms with E-state index < -0.39 is 34.7 Å². The molecule has 1 amide bonds. The Morgan fingerprint density at radius 3 is 2.30 bits per heavy atom. The van der Waals surface area contributed by atoms with E-state index in [1.54, 1.807) is 13.0 Å². The van der Waals surface area contributed by atoms with Crippen LogP contribution in [0.4, 0.5) is 18.9 Å². The second-order valence-electron chi connectivity index (χ2n) is 8.29. The highest BCUT2D eigenvalue weighted by molar-refractivity contribution is 7.89. The molecule has 30 heavy (non-hydrogen) atoms. The first-order valence-electron chi connectivity index (χ1n) is 10.1. The highest BCUT2D eigenvalue weighted by Crippen LogP contribution is 2.38. The molecule has 1 aliphatic carbocycles. The van der Waals surface area contributed by atoms with E-state index in [1.165, 1.54) is 26.2 Å². The van der Waals surface area contributed by atoms with Crippen molar-refractivity contribution in [1.29, 1.82) is 0 Å². The maximum atomic E-state index is 13.4. The normalized spacial score (nSPS) is 18.7. The molecule has 2 aliphatic rings. The Bertz CT molecular complexity index is 892. The molecule has 0 N–H and O–H groups in total. The number of hydrogen-bond acceptors (Lipinski definition) is 4. The van der Waals surface area contributed by atoms with Gasteiger partial charge in [0.15, 0.2) is 0 Å². The van der Waals surface area contributed by atoms with Crippen molar-refractivity contribution < 1.29 is 26.4 Å². The molecule has 3 rings (SSSR count). The summed E-state index contributed by atoms with van der Waals surface area (Å²) >= 11 is 0. The van der Waals surface area contributed by atoms with E-state index >= 15 is 0 Å². The fraction of sp³-hybridized carbons (Fsp3) is 0.650. The standard InChI is InChI=1S/C20H28F3N3O3S/c1-14(15-6-7-15)26(13-20(21,22)23)19(27)17-12-16(30(28,29)24(2)3)8-9-18(17)25-10-4-5-11-25/h8-9,12,14-15H,4-7,10-11,13H2,1-3H3/t14-/m1/s1. The summed E-state index contributed by atoms with van der Waals surface area (Å²) in [6.07, 6.45) is -1.14.